The minimum atomic E-state index is -2.46. The minimum Gasteiger partial charge on any atom is -0.486 e. The Bertz CT molecular complexity index is 356. The fourth-order valence-electron chi connectivity index (χ4n) is 1.43. The SMILES string of the molecule is CCc1ccc(OCC(F)F)c(CN(C)C)n1. The summed E-state index contributed by atoms with van der Waals surface area (Å²) in [4.78, 5) is 6.33. The van der Waals surface area contributed by atoms with Crippen LogP contribution in [0.4, 0.5) is 8.78 Å². The van der Waals surface area contributed by atoms with Gasteiger partial charge in [-0.3, -0.25) is 4.98 Å². The van der Waals surface area contributed by atoms with Crippen LogP contribution < -0.4 is 4.74 Å². The molecule has 3 nitrogen and oxygen atoms in total. The molecule has 0 aromatic carbocycles. The second kappa shape index (κ2) is 6.49. The van der Waals surface area contributed by atoms with Gasteiger partial charge in [-0.1, -0.05) is 6.92 Å². The van der Waals surface area contributed by atoms with Gasteiger partial charge < -0.3 is 9.64 Å². The number of nitrogens with zero attached hydrogens (tertiary/aromatic N) is 2. The maximum absolute atomic E-state index is 12.1. The van der Waals surface area contributed by atoms with Crippen LogP contribution in [0.25, 0.3) is 0 Å². The molecule has 17 heavy (non-hydrogen) atoms. The topological polar surface area (TPSA) is 25.4 Å². The molecule has 0 N–H and O–H groups in total. The quantitative estimate of drug-likeness (QED) is 0.768. The molecule has 0 saturated carbocycles. The van der Waals surface area contributed by atoms with E-state index in [9.17, 15) is 8.78 Å². The normalized spacial score (nSPS) is 11.2. The molecule has 96 valence electrons. The largest absolute Gasteiger partial charge is 0.486 e. The monoisotopic (exact) mass is 244 g/mol. The maximum Gasteiger partial charge on any atom is 0.272 e. The summed E-state index contributed by atoms with van der Waals surface area (Å²) in [5.41, 5.74) is 1.64. The van der Waals surface area contributed by atoms with E-state index in [-0.39, 0.29) is 0 Å². The van der Waals surface area contributed by atoms with Crippen LogP contribution in [-0.4, -0.2) is 37.0 Å². The van der Waals surface area contributed by atoms with Crippen molar-refractivity contribution in [3.8, 4) is 5.75 Å². The highest BCUT2D eigenvalue weighted by Gasteiger charge is 2.10. The Labute approximate surface area is 100 Å². The lowest BCUT2D eigenvalue weighted by molar-refractivity contribution is 0.0808. The zero-order valence-electron chi connectivity index (χ0n) is 10.4. The summed E-state index contributed by atoms with van der Waals surface area (Å²) in [7, 11) is 3.80. The molecule has 5 heteroatoms. The number of rotatable bonds is 6. The summed E-state index contributed by atoms with van der Waals surface area (Å²) in [6.07, 6.45) is -1.65. The Morgan fingerprint density at radius 3 is 2.59 bits per heavy atom. The van der Waals surface area contributed by atoms with E-state index in [0.29, 0.717) is 18.0 Å². The molecule has 0 spiro atoms. The number of ether oxygens (including phenoxy) is 1. The molecule has 0 radical (unpaired) electrons. The summed E-state index contributed by atoms with van der Waals surface area (Å²) in [5, 5.41) is 0. The molecule has 0 bridgehead atoms. The van der Waals surface area contributed by atoms with E-state index in [1.807, 2.05) is 25.9 Å². The van der Waals surface area contributed by atoms with Crippen LogP contribution in [-0.2, 0) is 13.0 Å². The van der Waals surface area contributed by atoms with Crippen LogP contribution in [0.3, 0.4) is 0 Å². The van der Waals surface area contributed by atoms with Crippen molar-refractivity contribution in [3.63, 3.8) is 0 Å². The van der Waals surface area contributed by atoms with Gasteiger partial charge in [-0.05, 0) is 32.6 Å². The molecular weight excluding hydrogens is 226 g/mol. The highest BCUT2D eigenvalue weighted by Crippen LogP contribution is 2.19. The zero-order valence-corrected chi connectivity index (χ0v) is 10.4. The van der Waals surface area contributed by atoms with Gasteiger partial charge >= 0.3 is 0 Å². The van der Waals surface area contributed by atoms with Gasteiger partial charge in [0.1, 0.15) is 12.4 Å². The maximum atomic E-state index is 12.1. The van der Waals surface area contributed by atoms with Gasteiger partial charge in [-0.15, -0.1) is 0 Å². The van der Waals surface area contributed by atoms with E-state index in [1.54, 1.807) is 12.1 Å². The van der Waals surface area contributed by atoms with Crippen molar-refractivity contribution in [3.05, 3.63) is 23.5 Å². The second-order valence-electron chi connectivity index (χ2n) is 4.04. The lowest BCUT2D eigenvalue weighted by atomic mass is 10.2. The van der Waals surface area contributed by atoms with Crippen molar-refractivity contribution in [1.29, 1.82) is 0 Å². The van der Waals surface area contributed by atoms with Crippen LogP contribution in [0.5, 0.6) is 5.75 Å². The standard InChI is InChI=1S/C12H18F2N2O/c1-4-9-5-6-11(17-8-12(13)14)10(15-9)7-16(2)3/h5-6,12H,4,7-8H2,1-3H3. The number of aryl methyl sites for hydroxylation is 1. The van der Waals surface area contributed by atoms with Gasteiger partial charge in [0.15, 0.2) is 0 Å². The molecule has 0 aliphatic heterocycles. The van der Waals surface area contributed by atoms with Gasteiger partial charge in [0, 0.05) is 12.2 Å². The number of pyridine rings is 1. The minimum absolute atomic E-state index is 0.441. The molecule has 0 aliphatic rings. The Kier molecular flexibility index (Phi) is 5.28. The van der Waals surface area contributed by atoms with Gasteiger partial charge in [-0.2, -0.15) is 0 Å². The fourth-order valence-corrected chi connectivity index (χ4v) is 1.43. The summed E-state index contributed by atoms with van der Waals surface area (Å²) in [6.45, 7) is 1.99. The van der Waals surface area contributed by atoms with Crippen molar-refractivity contribution in [2.24, 2.45) is 0 Å². The molecular formula is C12H18F2N2O. The Morgan fingerprint density at radius 1 is 1.35 bits per heavy atom. The first kappa shape index (κ1) is 13.8. The smallest absolute Gasteiger partial charge is 0.272 e. The van der Waals surface area contributed by atoms with Crippen molar-refractivity contribution in [2.45, 2.75) is 26.3 Å². The average Bonchev–Trinajstić information content (AvgIpc) is 2.26. The fraction of sp³-hybridized carbons (Fsp3) is 0.583. The van der Waals surface area contributed by atoms with E-state index < -0.39 is 13.0 Å². The third-order valence-corrected chi connectivity index (χ3v) is 2.18. The van der Waals surface area contributed by atoms with E-state index in [2.05, 4.69) is 4.98 Å². The molecule has 1 heterocycles. The number of halogens is 2. The highest BCUT2D eigenvalue weighted by atomic mass is 19.3. The second-order valence-corrected chi connectivity index (χ2v) is 4.04. The molecule has 0 atom stereocenters. The van der Waals surface area contributed by atoms with Crippen LogP contribution in [0, 0.1) is 0 Å². The average molecular weight is 244 g/mol. The zero-order chi connectivity index (χ0) is 12.8. The van der Waals surface area contributed by atoms with Crippen LogP contribution in [0.2, 0.25) is 0 Å². The molecule has 1 aromatic heterocycles. The Morgan fingerprint density at radius 2 is 2.06 bits per heavy atom. The van der Waals surface area contributed by atoms with E-state index in [0.717, 1.165) is 12.1 Å². The van der Waals surface area contributed by atoms with E-state index >= 15 is 0 Å². The van der Waals surface area contributed by atoms with Gasteiger partial charge in [-0.25, -0.2) is 8.78 Å². The lowest BCUT2D eigenvalue weighted by Gasteiger charge is -2.15. The summed E-state index contributed by atoms with van der Waals surface area (Å²) >= 11 is 0. The Balaban J connectivity index is 2.85. The van der Waals surface area contributed by atoms with Crippen molar-refractivity contribution in [2.75, 3.05) is 20.7 Å². The van der Waals surface area contributed by atoms with Gasteiger partial charge in [0.05, 0.1) is 5.69 Å². The first-order chi connectivity index (χ1) is 8.02. The predicted octanol–water partition coefficient (Wildman–Crippen LogP) is 2.35. The number of alkyl halides is 2. The lowest BCUT2D eigenvalue weighted by Crippen LogP contribution is -2.15. The predicted molar refractivity (Wildman–Crippen MR) is 62.5 cm³/mol. The molecule has 0 amide bonds. The molecule has 1 rings (SSSR count). The third-order valence-electron chi connectivity index (χ3n) is 2.18. The first-order valence-electron chi connectivity index (χ1n) is 5.57. The molecule has 0 unspecified atom stereocenters. The summed E-state index contributed by atoms with van der Waals surface area (Å²) < 4.78 is 29.3. The number of hydrogen-bond acceptors (Lipinski definition) is 3. The van der Waals surface area contributed by atoms with Crippen molar-refractivity contribution < 1.29 is 13.5 Å². The summed E-state index contributed by atoms with van der Waals surface area (Å²) in [6, 6.07) is 3.52. The molecule has 0 fully saturated rings. The molecule has 0 aliphatic carbocycles. The first-order valence-corrected chi connectivity index (χ1v) is 5.57. The number of aromatic nitrogens is 1. The van der Waals surface area contributed by atoms with Gasteiger partial charge in [0.2, 0.25) is 0 Å². The molecule has 0 saturated heterocycles. The van der Waals surface area contributed by atoms with Crippen LogP contribution in [0.1, 0.15) is 18.3 Å². The van der Waals surface area contributed by atoms with E-state index in [1.165, 1.54) is 0 Å². The van der Waals surface area contributed by atoms with Crippen molar-refractivity contribution >= 4 is 0 Å². The molecule has 1 aromatic rings. The van der Waals surface area contributed by atoms with Crippen LogP contribution >= 0.6 is 0 Å². The van der Waals surface area contributed by atoms with Crippen molar-refractivity contribution in [1.82, 2.24) is 9.88 Å². The third kappa shape index (κ3) is 4.65. The van der Waals surface area contributed by atoms with E-state index in [4.69, 9.17) is 4.74 Å². The Hall–Kier alpha value is -1.23. The van der Waals surface area contributed by atoms with Crippen LogP contribution in [0.15, 0.2) is 12.1 Å². The number of hydrogen-bond donors (Lipinski definition) is 0. The highest BCUT2D eigenvalue weighted by molar-refractivity contribution is 5.29. The summed E-state index contributed by atoms with van der Waals surface area (Å²) in [5.74, 6) is 0.441. The van der Waals surface area contributed by atoms with Gasteiger partial charge in [0.25, 0.3) is 6.43 Å².